The van der Waals surface area contributed by atoms with E-state index in [0.717, 1.165) is 17.8 Å². The Labute approximate surface area is 170 Å². The summed E-state index contributed by atoms with van der Waals surface area (Å²) in [7, 11) is 0. The van der Waals surface area contributed by atoms with Gasteiger partial charge in [0.2, 0.25) is 0 Å². The summed E-state index contributed by atoms with van der Waals surface area (Å²) in [6.07, 6.45) is 11.3. The molecule has 1 heterocycles. The lowest BCUT2D eigenvalue weighted by molar-refractivity contribution is -0.139. The lowest BCUT2D eigenvalue weighted by Crippen LogP contribution is -2.48. The lowest BCUT2D eigenvalue weighted by atomic mass is 9.48. The van der Waals surface area contributed by atoms with E-state index in [9.17, 15) is 14.7 Å². The number of hydrogen-bond acceptors (Lipinski definition) is 3. The predicted octanol–water partition coefficient (Wildman–Crippen LogP) is 3.30. The van der Waals surface area contributed by atoms with Gasteiger partial charge in [0.1, 0.15) is 6.04 Å². The molecule has 0 radical (unpaired) electrons. The van der Waals surface area contributed by atoms with Gasteiger partial charge in [0.05, 0.1) is 6.33 Å². The highest BCUT2D eigenvalue weighted by Crippen LogP contribution is 2.60. The van der Waals surface area contributed by atoms with Gasteiger partial charge in [-0.15, -0.1) is 0 Å². The zero-order valence-corrected chi connectivity index (χ0v) is 16.4. The van der Waals surface area contributed by atoms with Crippen LogP contribution in [0.3, 0.4) is 0 Å². The maximum Gasteiger partial charge on any atom is 0.326 e. The number of hydrogen-bond donors (Lipinski definition) is 3. The molecule has 4 aliphatic rings. The van der Waals surface area contributed by atoms with Crippen LogP contribution in [-0.4, -0.2) is 33.0 Å². The van der Waals surface area contributed by atoms with Crippen LogP contribution in [0.15, 0.2) is 36.8 Å². The molecule has 1 aromatic heterocycles. The first kappa shape index (κ1) is 18.4. The van der Waals surface area contributed by atoms with Crippen LogP contribution in [0.4, 0.5) is 0 Å². The number of carboxylic acids is 1. The van der Waals surface area contributed by atoms with Crippen molar-refractivity contribution in [3.05, 3.63) is 53.6 Å². The van der Waals surface area contributed by atoms with Crippen LogP contribution in [0.25, 0.3) is 0 Å². The van der Waals surface area contributed by atoms with Crippen molar-refractivity contribution >= 4 is 11.9 Å². The van der Waals surface area contributed by atoms with Crippen molar-refractivity contribution in [2.24, 2.45) is 17.8 Å². The van der Waals surface area contributed by atoms with E-state index >= 15 is 0 Å². The Hall–Kier alpha value is -2.63. The van der Waals surface area contributed by atoms with Gasteiger partial charge in [-0.2, -0.15) is 0 Å². The SMILES string of the molecule is O=C(NC(Cc1cnc[nH]1)C(=O)O)c1ccc(C23CC4CC(CC(C4)C2)C3)cc1. The van der Waals surface area contributed by atoms with Gasteiger partial charge in [-0.05, 0) is 79.4 Å². The Morgan fingerprint density at radius 2 is 1.72 bits per heavy atom. The van der Waals surface area contributed by atoms with Crippen molar-refractivity contribution in [3.63, 3.8) is 0 Å². The largest absolute Gasteiger partial charge is 0.480 e. The number of H-pyrrole nitrogens is 1. The zero-order chi connectivity index (χ0) is 20.0. The van der Waals surface area contributed by atoms with Gasteiger partial charge in [0.15, 0.2) is 0 Å². The van der Waals surface area contributed by atoms with Gasteiger partial charge in [-0.3, -0.25) is 4.79 Å². The van der Waals surface area contributed by atoms with E-state index in [1.54, 1.807) is 6.20 Å². The summed E-state index contributed by atoms with van der Waals surface area (Å²) in [5.41, 5.74) is 2.85. The van der Waals surface area contributed by atoms with Crippen molar-refractivity contribution in [2.75, 3.05) is 0 Å². The highest BCUT2D eigenvalue weighted by atomic mass is 16.4. The van der Waals surface area contributed by atoms with E-state index in [1.807, 2.05) is 12.1 Å². The summed E-state index contributed by atoms with van der Waals surface area (Å²) in [5.74, 6) is 1.22. The first-order valence-corrected chi connectivity index (χ1v) is 10.6. The number of carboxylic acid groups (broad SMARTS) is 1. The smallest absolute Gasteiger partial charge is 0.326 e. The molecule has 2 aromatic rings. The fraction of sp³-hybridized carbons (Fsp3) is 0.522. The third kappa shape index (κ3) is 3.45. The van der Waals surface area contributed by atoms with Crippen molar-refractivity contribution in [3.8, 4) is 0 Å². The molecule has 1 atom stereocenters. The number of carbonyl (C=O) groups is 2. The molecule has 4 aliphatic carbocycles. The van der Waals surface area contributed by atoms with Crippen LogP contribution >= 0.6 is 0 Å². The number of rotatable bonds is 6. The summed E-state index contributed by atoms with van der Waals surface area (Å²) in [6.45, 7) is 0. The van der Waals surface area contributed by atoms with E-state index in [0.29, 0.717) is 16.7 Å². The van der Waals surface area contributed by atoms with Crippen LogP contribution in [0.5, 0.6) is 0 Å². The van der Waals surface area contributed by atoms with Crippen LogP contribution in [-0.2, 0) is 16.6 Å². The number of nitrogens with zero attached hydrogens (tertiary/aromatic N) is 1. The number of benzene rings is 1. The highest BCUT2D eigenvalue weighted by Gasteiger charge is 2.51. The fourth-order valence-corrected chi connectivity index (χ4v) is 6.50. The molecule has 0 spiro atoms. The quantitative estimate of drug-likeness (QED) is 0.702. The molecule has 1 aromatic carbocycles. The first-order valence-electron chi connectivity index (χ1n) is 10.6. The van der Waals surface area contributed by atoms with Gasteiger partial charge in [0, 0.05) is 23.9 Å². The first-order chi connectivity index (χ1) is 14.0. The molecule has 6 heteroatoms. The van der Waals surface area contributed by atoms with E-state index < -0.39 is 12.0 Å². The monoisotopic (exact) mass is 393 g/mol. The molecule has 4 bridgehead atoms. The second-order valence-corrected chi connectivity index (χ2v) is 9.42. The maximum absolute atomic E-state index is 12.6. The molecule has 1 unspecified atom stereocenters. The van der Waals surface area contributed by atoms with Crippen molar-refractivity contribution in [1.29, 1.82) is 0 Å². The van der Waals surface area contributed by atoms with E-state index in [4.69, 9.17) is 0 Å². The topological polar surface area (TPSA) is 95.1 Å². The average molecular weight is 393 g/mol. The van der Waals surface area contributed by atoms with E-state index in [-0.39, 0.29) is 12.3 Å². The second-order valence-electron chi connectivity index (χ2n) is 9.42. The van der Waals surface area contributed by atoms with Gasteiger partial charge in [-0.1, -0.05) is 12.1 Å². The minimum Gasteiger partial charge on any atom is -0.480 e. The predicted molar refractivity (Wildman–Crippen MR) is 107 cm³/mol. The Morgan fingerprint density at radius 1 is 1.10 bits per heavy atom. The Morgan fingerprint density at radius 3 is 2.24 bits per heavy atom. The molecule has 0 saturated heterocycles. The minimum atomic E-state index is -1.06. The van der Waals surface area contributed by atoms with Gasteiger partial charge < -0.3 is 15.4 Å². The normalized spacial score (nSPS) is 30.8. The lowest BCUT2D eigenvalue weighted by Gasteiger charge is -2.57. The molecule has 1 amide bonds. The number of aliphatic carboxylic acids is 1. The standard InChI is InChI=1S/C23H27N3O3/c27-21(26-20(22(28)29)8-19-12-24-13-25-19)17-1-3-18(4-2-17)23-9-14-5-15(10-23)7-16(6-14)11-23/h1-4,12-16,20H,5-11H2,(H,24,25)(H,26,27)(H,28,29). The molecule has 6 rings (SSSR count). The summed E-state index contributed by atoms with van der Waals surface area (Å²) in [6, 6.07) is 6.93. The Bertz CT molecular complexity index is 869. The van der Waals surface area contributed by atoms with Gasteiger partial charge in [0.25, 0.3) is 5.91 Å². The number of nitrogens with one attached hydrogen (secondary N) is 2. The van der Waals surface area contributed by atoms with Crippen molar-refractivity contribution in [1.82, 2.24) is 15.3 Å². The summed E-state index contributed by atoms with van der Waals surface area (Å²) < 4.78 is 0. The summed E-state index contributed by atoms with van der Waals surface area (Å²) in [5, 5.41) is 12.1. The second kappa shape index (κ2) is 7.01. The van der Waals surface area contributed by atoms with Gasteiger partial charge in [-0.25, -0.2) is 9.78 Å². The molecular formula is C23H27N3O3. The van der Waals surface area contributed by atoms with E-state index in [2.05, 4.69) is 27.4 Å². The zero-order valence-electron chi connectivity index (χ0n) is 16.4. The summed E-state index contributed by atoms with van der Waals surface area (Å²) in [4.78, 5) is 31.0. The van der Waals surface area contributed by atoms with E-state index in [1.165, 1.54) is 50.4 Å². The highest BCUT2D eigenvalue weighted by molar-refractivity contribution is 5.96. The molecule has 4 fully saturated rings. The molecular weight excluding hydrogens is 366 g/mol. The van der Waals surface area contributed by atoms with Crippen LogP contribution < -0.4 is 5.32 Å². The van der Waals surface area contributed by atoms with Crippen LogP contribution in [0.2, 0.25) is 0 Å². The number of carbonyl (C=O) groups excluding carboxylic acids is 1. The number of aromatic amines is 1. The number of aromatic nitrogens is 2. The molecule has 29 heavy (non-hydrogen) atoms. The van der Waals surface area contributed by atoms with Crippen molar-refractivity contribution < 1.29 is 14.7 Å². The average Bonchev–Trinajstić information content (AvgIpc) is 3.19. The fourth-order valence-electron chi connectivity index (χ4n) is 6.50. The molecule has 0 aliphatic heterocycles. The van der Waals surface area contributed by atoms with Crippen LogP contribution in [0.1, 0.15) is 60.1 Å². The van der Waals surface area contributed by atoms with Crippen LogP contribution in [0, 0.1) is 17.8 Å². The van der Waals surface area contributed by atoms with Gasteiger partial charge >= 0.3 is 5.97 Å². The minimum absolute atomic E-state index is 0.173. The maximum atomic E-state index is 12.6. The molecule has 4 saturated carbocycles. The number of amides is 1. The number of imidazole rings is 1. The van der Waals surface area contributed by atoms with Crippen molar-refractivity contribution in [2.45, 2.75) is 56.4 Å². The third-order valence-electron chi connectivity index (χ3n) is 7.38. The molecule has 152 valence electrons. The summed E-state index contributed by atoms with van der Waals surface area (Å²) >= 11 is 0. The molecule has 6 nitrogen and oxygen atoms in total. The Balaban J connectivity index is 1.30. The molecule has 3 N–H and O–H groups in total. The Kier molecular flexibility index (Phi) is 4.45. The third-order valence-corrected chi connectivity index (χ3v) is 7.38.